The lowest BCUT2D eigenvalue weighted by Crippen LogP contribution is -2.37. The maximum Gasteiger partial charge on any atom is 0.415 e. The summed E-state index contributed by atoms with van der Waals surface area (Å²) in [6.07, 6.45) is 0.0590. The summed E-state index contributed by atoms with van der Waals surface area (Å²) in [6.45, 7) is 3.70. The van der Waals surface area contributed by atoms with Gasteiger partial charge in [0.25, 0.3) is 0 Å². The molecule has 41 heavy (non-hydrogen) atoms. The van der Waals surface area contributed by atoms with E-state index in [9.17, 15) is 23.5 Å². The van der Waals surface area contributed by atoms with E-state index in [0.29, 0.717) is 45.0 Å². The number of carbonyl (C=O) groups is 2. The van der Waals surface area contributed by atoms with Crippen LogP contribution in [0, 0.1) is 11.6 Å². The van der Waals surface area contributed by atoms with Gasteiger partial charge in [-0.2, -0.15) is 0 Å². The summed E-state index contributed by atoms with van der Waals surface area (Å²) in [5, 5.41) is 9.27. The number of halogens is 2. The Bertz CT molecular complexity index is 1200. The number of benzene rings is 3. The minimum absolute atomic E-state index is 0.190. The molecule has 0 fully saturated rings. The van der Waals surface area contributed by atoms with E-state index in [0.717, 1.165) is 11.1 Å². The van der Waals surface area contributed by atoms with Crippen LogP contribution >= 0.6 is 0 Å². The van der Waals surface area contributed by atoms with Crippen molar-refractivity contribution in [3.63, 3.8) is 0 Å². The number of ether oxygens (including phenoxy) is 4. The summed E-state index contributed by atoms with van der Waals surface area (Å²) >= 11 is 0. The molecule has 1 N–H and O–H groups in total. The molecule has 0 aromatic heterocycles. The SMILES string of the molecule is CCOC(Cc1ccc(OCCN(CCCCOCc2ccc(F)cc2)C(=O)Oc2ccc(F)cc2)cc1)C(=O)O. The van der Waals surface area contributed by atoms with Gasteiger partial charge in [-0.1, -0.05) is 24.3 Å². The minimum atomic E-state index is -1.01. The Labute approximate surface area is 238 Å². The van der Waals surface area contributed by atoms with Gasteiger partial charge in [0.05, 0.1) is 13.2 Å². The molecule has 1 atom stereocenters. The van der Waals surface area contributed by atoms with Crippen molar-refractivity contribution in [3.8, 4) is 11.5 Å². The van der Waals surface area contributed by atoms with Crippen molar-refractivity contribution in [1.82, 2.24) is 4.90 Å². The number of hydrogen-bond donors (Lipinski definition) is 1. The Morgan fingerprint density at radius 2 is 1.41 bits per heavy atom. The fourth-order valence-corrected chi connectivity index (χ4v) is 3.87. The first-order valence-electron chi connectivity index (χ1n) is 13.4. The van der Waals surface area contributed by atoms with Crippen LogP contribution in [0.4, 0.5) is 13.6 Å². The zero-order valence-corrected chi connectivity index (χ0v) is 23.0. The molecule has 0 spiro atoms. The molecule has 1 unspecified atom stereocenters. The maximum atomic E-state index is 13.2. The first-order valence-corrected chi connectivity index (χ1v) is 13.4. The van der Waals surface area contributed by atoms with Gasteiger partial charge in [-0.15, -0.1) is 0 Å². The Morgan fingerprint density at radius 3 is 2.05 bits per heavy atom. The van der Waals surface area contributed by atoms with Crippen molar-refractivity contribution in [3.05, 3.63) is 95.6 Å². The molecule has 1 amide bonds. The van der Waals surface area contributed by atoms with Crippen LogP contribution in [0.25, 0.3) is 0 Å². The molecular weight excluding hydrogens is 536 g/mol. The molecule has 0 aliphatic heterocycles. The van der Waals surface area contributed by atoms with Crippen molar-refractivity contribution < 1.29 is 42.4 Å². The molecular formula is C31H35F2NO7. The second-order valence-electron chi connectivity index (χ2n) is 9.17. The lowest BCUT2D eigenvalue weighted by atomic mass is 10.1. The summed E-state index contributed by atoms with van der Waals surface area (Å²) in [4.78, 5) is 25.7. The van der Waals surface area contributed by atoms with Crippen LogP contribution in [-0.4, -0.2) is 61.1 Å². The number of carboxylic acids is 1. The van der Waals surface area contributed by atoms with Crippen LogP contribution in [0.15, 0.2) is 72.8 Å². The van der Waals surface area contributed by atoms with Crippen molar-refractivity contribution in [2.45, 2.75) is 38.9 Å². The van der Waals surface area contributed by atoms with E-state index < -0.39 is 24.0 Å². The normalized spacial score (nSPS) is 11.6. The van der Waals surface area contributed by atoms with Gasteiger partial charge in [0.2, 0.25) is 0 Å². The van der Waals surface area contributed by atoms with E-state index in [-0.39, 0.29) is 31.1 Å². The summed E-state index contributed by atoms with van der Waals surface area (Å²) in [5.41, 5.74) is 1.67. The maximum absolute atomic E-state index is 13.2. The van der Waals surface area contributed by atoms with Crippen LogP contribution in [0.1, 0.15) is 30.9 Å². The fourth-order valence-electron chi connectivity index (χ4n) is 3.87. The number of nitrogens with zero attached hydrogens (tertiary/aromatic N) is 1. The van der Waals surface area contributed by atoms with Gasteiger partial charge in [0, 0.05) is 26.2 Å². The molecule has 0 saturated heterocycles. The third-order valence-electron chi connectivity index (χ3n) is 6.04. The minimum Gasteiger partial charge on any atom is -0.492 e. The molecule has 0 bridgehead atoms. The van der Waals surface area contributed by atoms with E-state index in [1.165, 1.54) is 41.3 Å². The highest BCUT2D eigenvalue weighted by Crippen LogP contribution is 2.16. The van der Waals surface area contributed by atoms with Crippen LogP contribution in [0.3, 0.4) is 0 Å². The molecule has 220 valence electrons. The smallest absolute Gasteiger partial charge is 0.415 e. The molecule has 0 aliphatic carbocycles. The Hall–Kier alpha value is -4.02. The van der Waals surface area contributed by atoms with Gasteiger partial charge >= 0.3 is 12.1 Å². The third-order valence-corrected chi connectivity index (χ3v) is 6.04. The largest absolute Gasteiger partial charge is 0.492 e. The number of rotatable bonds is 17. The molecule has 0 aliphatic rings. The highest BCUT2D eigenvalue weighted by molar-refractivity contribution is 5.72. The van der Waals surface area contributed by atoms with Crippen molar-refractivity contribution in [2.75, 3.05) is 32.9 Å². The number of amides is 1. The van der Waals surface area contributed by atoms with E-state index in [2.05, 4.69) is 0 Å². The summed E-state index contributed by atoms with van der Waals surface area (Å²) in [5.74, 6) is -0.948. The van der Waals surface area contributed by atoms with E-state index in [4.69, 9.17) is 18.9 Å². The molecule has 0 radical (unpaired) electrons. The highest BCUT2D eigenvalue weighted by atomic mass is 19.1. The van der Waals surface area contributed by atoms with Gasteiger partial charge in [-0.05, 0) is 79.4 Å². The number of unbranched alkanes of at least 4 members (excludes halogenated alkanes) is 1. The van der Waals surface area contributed by atoms with Crippen molar-refractivity contribution in [2.24, 2.45) is 0 Å². The summed E-state index contributed by atoms with van der Waals surface area (Å²) < 4.78 is 48.4. The summed E-state index contributed by atoms with van der Waals surface area (Å²) in [6, 6.07) is 18.3. The Kier molecular flexibility index (Phi) is 13.0. The topological polar surface area (TPSA) is 94.5 Å². The fraction of sp³-hybridized carbons (Fsp3) is 0.355. The van der Waals surface area contributed by atoms with Crippen molar-refractivity contribution in [1.29, 1.82) is 0 Å². The second kappa shape index (κ2) is 16.9. The van der Waals surface area contributed by atoms with Crippen LogP contribution in [0.2, 0.25) is 0 Å². The number of carboxylic acid groups (broad SMARTS) is 1. The van der Waals surface area contributed by atoms with Crippen LogP contribution in [0.5, 0.6) is 11.5 Å². The van der Waals surface area contributed by atoms with Crippen molar-refractivity contribution >= 4 is 12.1 Å². The number of hydrogen-bond acceptors (Lipinski definition) is 6. The molecule has 0 saturated carbocycles. The standard InChI is InChI=1S/C31H35F2NO7/c1-2-39-29(30(35)36)21-23-7-13-27(14-8-23)40-20-18-34(31(37)41-28-15-11-26(33)12-16-28)17-3-4-19-38-22-24-5-9-25(32)10-6-24/h5-16,29H,2-4,17-22H2,1H3,(H,35,36). The molecule has 3 rings (SSSR count). The zero-order valence-electron chi connectivity index (χ0n) is 23.0. The molecule has 8 nitrogen and oxygen atoms in total. The third kappa shape index (κ3) is 11.5. The average Bonchev–Trinajstić information content (AvgIpc) is 2.96. The molecule has 3 aromatic rings. The van der Waals surface area contributed by atoms with Gasteiger partial charge in [-0.25, -0.2) is 18.4 Å². The Morgan fingerprint density at radius 1 is 0.805 bits per heavy atom. The first kappa shape index (κ1) is 31.5. The predicted octanol–water partition coefficient (Wildman–Crippen LogP) is 5.87. The molecule has 3 aromatic carbocycles. The summed E-state index contributed by atoms with van der Waals surface area (Å²) in [7, 11) is 0. The van der Waals surface area contributed by atoms with Crippen LogP contribution in [-0.2, 0) is 27.3 Å². The lowest BCUT2D eigenvalue weighted by molar-refractivity contribution is -0.149. The first-order chi connectivity index (χ1) is 19.8. The number of carbonyl (C=O) groups excluding carboxylic acids is 1. The van der Waals surface area contributed by atoms with E-state index in [1.54, 1.807) is 43.3 Å². The van der Waals surface area contributed by atoms with E-state index in [1.807, 2.05) is 0 Å². The second-order valence-corrected chi connectivity index (χ2v) is 9.17. The number of aliphatic carboxylic acids is 1. The van der Waals surface area contributed by atoms with Gasteiger partial charge in [0.15, 0.2) is 6.10 Å². The molecule has 10 heteroatoms. The average molecular weight is 572 g/mol. The highest BCUT2D eigenvalue weighted by Gasteiger charge is 2.18. The van der Waals surface area contributed by atoms with Gasteiger partial charge < -0.3 is 29.0 Å². The van der Waals surface area contributed by atoms with Gasteiger partial charge in [-0.3, -0.25) is 0 Å². The zero-order chi connectivity index (χ0) is 29.5. The Balaban J connectivity index is 1.48. The predicted molar refractivity (Wildman–Crippen MR) is 148 cm³/mol. The quantitative estimate of drug-likeness (QED) is 0.203. The van der Waals surface area contributed by atoms with E-state index >= 15 is 0 Å². The monoisotopic (exact) mass is 571 g/mol. The lowest BCUT2D eigenvalue weighted by Gasteiger charge is -2.22. The molecule has 0 heterocycles. The van der Waals surface area contributed by atoms with Crippen LogP contribution < -0.4 is 9.47 Å². The van der Waals surface area contributed by atoms with Gasteiger partial charge in [0.1, 0.15) is 29.7 Å².